The van der Waals surface area contributed by atoms with Crippen molar-refractivity contribution in [3.05, 3.63) is 77.4 Å². The molecule has 1 aliphatic carbocycles. The SMILES string of the molecule is CNc1cc(NC[C@H](C)c2ccccc2)nc(NC2CCC(CC(=O)NCc3ccccc3C(F)(F)F)CC2)n1. The van der Waals surface area contributed by atoms with Crippen molar-refractivity contribution in [2.45, 2.75) is 63.7 Å². The maximum absolute atomic E-state index is 13.2. The fraction of sp³-hybridized carbons (Fsp3) is 0.433. The Morgan fingerprint density at radius 3 is 2.35 bits per heavy atom. The monoisotopic (exact) mass is 554 g/mol. The molecule has 0 unspecified atom stereocenters. The molecule has 214 valence electrons. The van der Waals surface area contributed by atoms with Crippen molar-refractivity contribution in [3.63, 3.8) is 0 Å². The van der Waals surface area contributed by atoms with Crippen molar-refractivity contribution in [1.29, 1.82) is 0 Å². The second-order valence-corrected chi connectivity index (χ2v) is 10.4. The molecule has 3 aromatic rings. The number of anilines is 3. The Hall–Kier alpha value is -3.82. The van der Waals surface area contributed by atoms with Gasteiger partial charge in [-0.15, -0.1) is 0 Å². The molecule has 1 heterocycles. The molecule has 1 atom stereocenters. The van der Waals surface area contributed by atoms with E-state index in [0.29, 0.717) is 24.1 Å². The molecule has 7 nitrogen and oxygen atoms in total. The summed E-state index contributed by atoms with van der Waals surface area (Å²) in [5.74, 6) is 2.28. The molecule has 1 aromatic heterocycles. The lowest BCUT2D eigenvalue weighted by atomic mass is 9.84. The van der Waals surface area contributed by atoms with Crippen LogP contribution in [0.5, 0.6) is 0 Å². The highest BCUT2D eigenvalue weighted by Crippen LogP contribution is 2.32. The minimum absolute atomic E-state index is 0.0726. The van der Waals surface area contributed by atoms with E-state index in [2.05, 4.69) is 50.3 Å². The number of nitrogens with zero attached hydrogens (tertiary/aromatic N) is 2. The van der Waals surface area contributed by atoms with Crippen molar-refractivity contribution in [2.75, 3.05) is 29.5 Å². The van der Waals surface area contributed by atoms with Gasteiger partial charge in [-0.05, 0) is 54.7 Å². The average Bonchev–Trinajstić information content (AvgIpc) is 2.96. The van der Waals surface area contributed by atoms with Crippen LogP contribution in [0, 0.1) is 5.92 Å². The maximum Gasteiger partial charge on any atom is 0.416 e. The van der Waals surface area contributed by atoms with Gasteiger partial charge in [0.25, 0.3) is 0 Å². The molecule has 2 aromatic carbocycles. The Morgan fingerprint density at radius 2 is 1.65 bits per heavy atom. The third kappa shape index (κ3) is 8.34. The number of rotatable bonds is 11. The highest BCUT2D eigenvalue weighted by Gasteiger charge is 2.33. The first kappa shape index (κ1) is 29.2. The summed E-state index contributed by atoms with van der Waals surface area (Å²) in [5, 5.41) is 12.6. The number of carbonyl (C=O) groups excluding carboxylic acids is 1. The van der Waals surface area contributed by atoms with Crippen LogP contribution < -0.4 is 21.3 Å². The van der Waals surface area contributed by atoms with Crippen molar-refractivity contribution in [3.8, 4) is 0 Å². The summed E-state index contributed by atoms with van der Waals surface area (Å²) in [5.41, 5.74) is 0.617. The zero-order chi connectivity index (χ0) is 28.5. The summed E-state index contributed by atoms with van der Waals surface area (Å²) in [6.07, 6.45) is -0.738. The van der Waals surface area contributed by atoms with Crippen molar-refractivity contribution >= 4 is 23.5 Å². The van der Waals surface area contributed by atoms with E-state index in [9.17, 15) is 18.0 Å². The first-order valence-electron chi connectivity index (χ1n) is 13.7. The molecule has 4 N–H and O–H groups in total. The summed E-state index contributed by atoms with van der Waals surface area (Å²) >= 11 is 0. The molecule has 0 bridgehead atoms. The topological polar surface area (TPSA) is 91.0 Å². The minimum Gasteiger partial charge on any atom is -0.373 e. The molecule has 0 spiro atoms. The quantitative estimate of drug-likeness (QED) is 0.218. The number of amides is 1. The molecular formula is C30H37F3N6O. The van der Waals surface area contributed by atoms with Crippen LogP contribution in [-0.4, -0.2) is 35.5 Å². The normalized spacial score (nSPS) is 18.0. The minimum atomic E-state index is -4.44. The summed E-state index contributed by atoms with van der Waals surface area (Å²) in [4.78, 5) is 21.7. The van der Waals surface area contributed by atoms with E-state index in [1.807, 2.05) is 31.3 Å². The largest absolute Gasteiger partial charge is 0.416 e. The van der Waals surface area contributed by atoms with Crippen LogP contribution in [0.3, 0.4) is 0 Å². The molecule has 1 aliphatic rings. The van der Waals surface area contributed by atoms with Gasteiger partial charge in [-0.1, -0.05) is 55.5 Å². The fourth-order valence-corrected chi connectivity index (χ4v) is 5.06. The lowest BCUT2D eigenvalue weighted by Crippen LogP contribution is -2.31. The van der Waals surface area contributed by atoms with E-state index in [1.54, 1.807) is 6.07 Å². The van der Waals surface area contributed by atoms with Crippen LogP contribution in [0.1, 0.15) is 61.6 Å². The summed E-state index contributed by atoms with van der Waals surface area (Å²) in [7, 11) is 1.82. The predicted octanol–water partition coefficient (Wildman–Crippen LogP) is 6.43. The third-order valence-corrected chi connectivity index (χ3v) is 7.39. The van der Waals surface area contributed by atoms with Gasteiger partial charge in [-0.25, -0.2) is 0 Å². The van der Waals surface area contributed by atoms with E-state index in [4.69, 9.17) is 0 Å². The highest BCUT2D eigenvalue weighted by molar-refractivity contribution is 5.76. The summed E-state index contributed by atoms with van der Waals surface area (Å²) < 4.78 is 39.6. The molecule has 1 saturated carbocycles. The Morgan fingerprint density at radius 1 is 0.975 bits per heavy atom. The van der Waals surface area contributed by atoms with Gasteiger partial charge in [0, 0.05) is 38.7 Å². The number of hydrogen-bond donors (Lipinski definition) is 4. The van der Waals surface area contributed by atoms with Crippen LogP contribution in [0.2, 0.25) is 0 Å². The number of aromatic nitrogens is 2. The third-order valence-electron chi connectivity index (χ3n) is 7.39. The Balaban J connectivity index is 1.24. The molecule has 4 rings (SSSR count). The predicted molar refractivity (Wildman–Crippen MR) is 152 cm³/mol. The van der Waals surface area contributed by atoms with Crippen LogP contribution in [0.4, 0.5) is 30.8 Å². The number of benzene rings is 2. The molecule has 40 heavy (non-hydrogen) atoms. The number of hydrogen-bond acceptors (Lipinski definition) is 6. The molecule has 0 radical (unpaired) electrons. The fourth-order valence-electron chi connectivity index (χ4n) is 5.06. The number of alkyl halides is 3. The Kier molecular flexibility index (Phi) is 9.84. The molecule has 1 amide bonds. The van der Waals surface area contributed by atoms with Crippen LogP contribution in [-0.2, 0) is 17.5 Å². The van der Waals surface area contributed by atoms with E-state index in [1.165, 1.54) is 17.7 Å². The first-order chi connectivity index (χ1) is 19.2. The lowest BCUT2D eigenvalue weighted by Gasteiger charge is -2.29. The smallest absolute Gasteiger partial charge is 0.373 e. The van der Waals surface area contributed by atoms with E-state index in [0.717, 1.165) is 44.1 Å². The summed E-state index contributed by atoms with van der Waals surface area (Å²) in [6.45, 7) is 2.77. The number of halogens is 3. The summed E-state index contributed by atoms with van der Waals surface area (Å²) in [6, 6.07) is 17.7. The van der Waals surface area contributed by atoms with Crippen LogP contribution in [0.15, 0.2) is 60.7 Å². The molecular weight excluding hydrogens is 517 g/mol. The van der Waals surface area contributed by atoms with Gasteiger partial charge in [0.1, 0.15) is 11.6 Å². The average molecular weight is 555 g/mol. The van der Waals surface area contributed by atoms with Gasteiger partial charge in [0.05, 0.1) is 5.56 Å². The van der Waals surface area contributed by atoms with E-state index in [-0.39, 0.29) is 30.0 Å². The van der Waals surface area contributed by atoms with Gasteiger partial charge >= 0.3 is 6.18 Å². The van der Waals surface area contributed by atoms with Crippen molar-refractivity contribution in [1.82, 2.24) is 15.3 Å². The maximum atomic E-state index is 13.2. The lowest BCUT2D eigenvalue weighted by molar-refractivity contribution is -0.138. The van der Waals surface area contributed by atoms with Crippen LogP contribution in [0.25, 0.3) is 0 Å². The zero-order valence-corrected chi connectivity index (χ0v) is 22.9. The van der Waals surface area contributed by atoms with Crippen molar-refractivity contribution < 1.29 is 18.0 Å². The number of nitrogens with one attached hydrogen (secondary N) is 4. The standard InChI is InChI=1S/C30H37F3N6O/c1-20(22-8-4-3-5-9-22)18-35-27-17-26(34-2)38-29(39-27)37-24-14-12-21(13-15-24)16-28(40)36-19-23-10-6-7-11-25(23)30(31,32)33/h3-11,17,20-21,24H,12-16,18-19H2,1-2H3,(H,36,40)(H3,34,35,37,38,39)/t20-,21?,24?/m0/s1. The van der Waals surface area contributed by atoms with Gasteiger partial charge in [-0.3, -0.25) is 4.79 Å². The number of carbonyl (C=O) groups is 1. The zero-order valence-electron chi connectivity index (χ0n) is 22.9. The molecule has 10 heteroatoms. The molecule has 0 aliphatic heterocycles. The van der Waals surface area contributed by atoms with E-state index >= 15 is 0 Å². The highest BCUT2D eigenvalue weighted by atomic mass is 19.4. The molecule has 1 fully saturated rings. The van der Waals surface area contributed by atoms with Gasteiger partial charge in [-0.2, -0.15) is 23.1 Å². The Bertz CT molecular complexity index is 1250. The van der Waals surface area contributed by atoms with Gasteiger partial charge in [0.15, 0.2) is 0 Å². The van der Waals surface area contributed by atoms with E-state index < -0.39 is 11.7 Å². The Labute approximate surface area is 233 Å². The van der Waals surface area contributed by atoms with Gasteiger partial charge in [0.2, 0.25) is 11.9 Å². The van der Waals surface area contributed by atoms with Crippen LogP contribution >= 0.6 is 0 Å². The second-order valence-electron chi connectivity index (χ2n) is 10.4. The van der Waals surface area contributed by atoms with Crippen molar-refractivity contribution in [2.24, 2.45) is 5.92 Å². The first-order valence-corrected chi connectivity index (χ1v) is 13.7. The molecule has 0 saturated heterocycles. The second kappa shape index (κ2) is 13.5. The van der Waals surface area contributed by atoms with Gasteiger partial charge < -0.3 is 21.3 Å².